The highest BCUT2D eigenvalue weighted by Crippen LogP contribution is 2.17. The largest absolute Gasteiger partial charge is 0.462 e. The zero-order chi connectivity index (χ0) is 57.1. The molecule has 6 nitrogen and oxygen atoms in total. The van der Waals surface area contributed by atoms with Gasteiger partial charge in [0, 0.05) is 19.3 Å². The minimum absolute atomic E-state index is 0.0832. The van der Waals surface area contributed by atoms with Gasteiger partial charge < -0.3 is 14.2 Å². The summed E-state index contributed by atoms with van der Waals surface area (Å²) in [5.74, 6) is -0.893. The lowest BCUT2D eigenvalue weighted by Crippen LogP contribution is -2.30. The Bertz CT molecular complexity index is 1450. The molecule has 79 heavy (non-hydrogen) atoms. The second-order valence-corrected chi connectivity index (χ2v) is 23.1. The summed E-state index contributed by atoms with van der Waals surface area (Å²) < 4.78 is 17.0. The molecule has 0 aliphatic carbocycles. The van der Waals surface area contributed by atoms with Crippen molar-refractivity contribution in [3.8, 4) is 0 Å². The molecule has 0 amide bonds. The Hall–Kier alpha value is -3.15. The van der Waals surface area contributed by atoms with Crippen LogP contribution in [0.3, 0.4) is 0 Å². The van der Waals surface area contributed by atoms with Gasteiger partial charge in [-0.05, 0) is 116 Å². The number of rotatable bonds is 63. The van der Waals surface area contributed by atoms with Crippen LogP contribution < -0.4 is 0 Å². The molecule has 6 heteroatoms. The Morgan fingerprint density at radius 2 is 0.456 bits per heavy atom. The summed E-state index contributed by atoms with van der Waals surface area (Å²) in [5.41, 5.74) is 0. The number of ether oxygens (including phenoxy) is 3. The van der Waals surface area contributed by atoms with Gasteiger partial charge in [0.05, 0.1) is 0 Å². The molecule has 0 aromatic rings. The summed E-state index contributed by atoms with van der Waals surface area (Å²) in [6.45, 7) is 6.61. The average Bonchev–Trinajstić information content (AvgIpc) is 3.45. The lowest BCUT2D eigenvalue weighted by molar-refractivity contribution is -0.167. The highest BCUT2D eigenvalue weighted by atomic mass is 16.6. The van der Waals surface area contributed by atoms with E-state index in [1.54, 1.807) is 0 Å². The number of esters is 3. The Balaban J connectivity index is 4.30. The van der Waals surface area contributed by atoms with Gasteiger partial charge in [0.2, 0.25) is 0 Å². The SMILES string of the molecule is CCCCC/C=C\C/C=C\C/C=C\CCCCCCCCC(=O)OC(COC(=O)CCCCCCC/C=C\C/C=C\CCCCC)COC(=O)CCCCCCCCCCCCCCCCC/C=C\CCCCCCCCCC. The number of carbonyl (C=O) groups excluding carboxylic acids is 3. The lowest BCUT2D eigenvalue weighted by atomic mass is 10.0. The molecule has 0 aliphatic heterocycles. The minimum Gasteiger partial charge on any atom is -0.462 e. The van der Waals surface area contributed by atoms with E-state index in [4.69, 9.17) is 14.2 Å². The van der Waals surface area contributed by atoms with Crippen LogP contribution in [0.15, 0.2) is 72.9 Å². The van der Waals surface area contributed by atoms with Crippen molar-refractivity contribution in [2.45, 2.75) is 361 Å². The van der Waals surface area contributed by atoms with Crippen LogP contribution in [0.1, 0.15) is 355 Å². The first-order chi connectivity index (χ1) is 39.0. The average molecular weight is 1100 g/mol. The number of hydrogen-bond acceptors (Lipinski definition) is 6. The van der Waals surface area contributed by atoms with Crippen LogP contribution in [0.4, 0.5) is 0 Å². The Kier molecular flexibility index (Phi) is 64.7. The van der Waals surface area contributed by atoms with Crippen LogP contribution in [0, 0.1) is 0 Å². The number of unbranched alkanes of at least 4 members (excludes halogenated alkanes) is 40. The Morgan fingerprint density at radius 1 is 0.253 bits per heavy atom. The maximum atomic E-state index is 12.9. The smallest absolute Gasteiger partial charge is 0.306 e. The normalized spacial score (nSPS) is 12.5. The molecule has 458 valence electrons. The molecule has 0 aromatic carbocycles. The second-order valence-electron chi connectivity index (χ2n) is 23.1. The molecular weight excluding hydrogens is 973 g/mol. The number of allylic oxidation sites excluding steroid dienone is 12. The third-order valence-corrected chi connectivity index (χ3v) is 15.2. The third-order valence-electron chi connectivity index (χ3n) is 15.2. The molecule has 0 aromatic heterocycles. The highest BCUT2D eigenvalue weighted by Gasteiger charge is 2.19. The van der Waals surface area contributed by atoms with Gasteiger partial charge in [-0.2, -0.15) is 0 Å². The van der Waals surface area contributed by atoms with Gasteiger partial charge in [-0.3, -0.25) is 14.4 Å². The molecule has 0 N–H and O–H groups in total. The van der Waals surface area contributed by atoms with E-state index in [-0.39, 0.29) is 31.1 Å². The fourth-order valence-corrected chi connectivity index (χ4v) is 9.95. The first-order valence-electron chi connectivity index (χ1n) is 34.4. The predicted molar refractivity (Wildman–Crippen MR) is 344 cm³/mol. The fourth-order valence-electron chi connectivity index (χ4n) is 9.95. The maximum Gasteiger partial charge on any atom is 0.306 e. The van der Waals surface area contributed by atoms with Crippen molar-refractivity contribution in [3.63, 3.8) is 0 Å². The summed E-state index contributed by atoms with van der Waals surface area (Å²) in [4.78, 5) is 38.4. The predicted octanol–water partition coefficient (Wildman–Crippen LogP) is 23.7. The fraction of sp³-hybridized carbons (Fsp3) is 0.795. The van der Waals surface area contributed by atoms with Crippen molar-refractivity contribution in [1.82, 2.24) is 0 Å². The molecule has 0 rings (SSSR count). The topological polar surface area (TPSA) is 78.9 Å². The molecule has 1 unspecified atom stereocenters. The number of hydrogen-bond donors (Lipinski definition) is 0. The van der Waals surface area contributed by atoms with Gasteiger partial charge in [0.1, 0.15) is 13.2 Å². The summed E-state index contributed by atoms with van der Waals surface area (Å²) in [7, 11) is 0. The molecule has 0 fully saturated rings. The lowest BCUT2D eigenvalue weighted by Gasteiger charge is -2.18. The van der Waals surface area contributed by atoms with Crippen molar-refractivity contribution >= 4 is 17.9 Å². The molecule has 0 saturated heterocycles. The quantitative estimate of drug-likeness (QED) is 0.0261. The summed E-state index contributed by atoms with van der Waals surface area (Å²) in [6.07, 6.45) is 87.8. The molecule has 0 aliphatic rings. The molecule has 0 radical (unpaired) electrons. The van der Waals surface area contributed by atoms with Crippen molar-refractivity contribution in [2.24, 2.45) is 0 Å². The van der Waals surface area contributed by atoms with E-state index in [9.17, 15) is 14.4 Å². The summed E-state index contributed by atoms with van der Waals surface area (Å²) in [5, 5.41) is 0. The van der Waals surface area contributed by atoms with Crippen molar-refractivity contribution < 1.29 is 28.6 Å². The third kappa shape index (κ3) is 65.5. The van der Waals surface area contributed by atoms with Crippen LogP contribution in [0.5, 0.6) is 0 Å². The van der Waals surface area contributed by atoms with E-state index < -0.39 is 6.10 Å². The van der Waals surface area contributed by atoms with E-state index in [1.165, 1.54) is 212 Å². The van der Waals surface area contributed by atoms with Crippen LogP contribution >= 0.6 is 0 Å². The summed E-state index contributed by atoms with van der Waals surface area (Å²) in [6, 6.07) is 0. The Labute approximate surface area is 491 Å². The van der Waals surface area contributed by atoms with Gasteiger partial charge in [-0.25, -0.2) is 0 Å². The molecule has 1 atom stereocenters. The number of carbonyl (C=O) groups is 3. The zero-order valence-corrected chi connectivity index (χ0v) is 52.6. The standard InChI is InChI=1S/C73H130O6/c1-4-7-10-13-16-19-22-25-28-30-32-33-34-35-36-37-38-39-41-42-45-48-51-54-57-60-63-66-72(75)78-69-70(68-77-71(74)65-62-59-56-53-50-47-44-27-24-21-18-15-12-9-6-3)79-73(76)67-64-61-58-55-52-49-46-43-40-31-29-26-23-20-17-14-11-8-5-2/h17-18,20-21,26-27,29-30,32,40,43-44,70H,4-16,19,22-25,28,31,33-39,41-42,45-69H2,1-3H3/b20-17-,21-18-,29-26-,32-30-,43-40-,44-27-. The Morgan fingerprint density at radius 3 is 0.747 bits per heavy atom. The van der Waals surface area contributed by atoms with E-state index in [2.05, 4.69) is 93.7 Å². The van der Waals surface area contributed by atoms with Gasteiger partial charge in [0.15, 0.2) is 6.10 Å². The minimum atomic E-state index is -0.789. The molecular formula is C73H130O6. The van der Waals surface area contributed by atoms with Crippen molar-refractivity contribution in [3.05, 3.63) is 72.9 Å². The zero-order valence-electron chi connectivity index (χ0n) is 52.6. The van der Waals surface area contributed by atoms with E-state index >= 15 is 0 Å². The molecule has 0 spiro atoms. The molecule has 0 bridgehead atoms. The van der Waals surface area contributed by atoms with Crippen LogP contribution in [-0.4, -0.2) is 37.2 Å². The van der Waals surface area contributed by atoms with Crippen molar-refractivity contribution in [2.75, 3.05) is 13.2 Å². The first-order valence-corrected chi connectivity index (χ1v) is 34.4. The van der Waals surface area contributed by atoms with Crippen molar-refractivity contribution in [1.29, 1.82) is 0 Å². The van der Waals surface area contributed by atoms with Crippen LogP contribution in [0.25, 0.3) is 0 Å². The highest BCUT2D eigenvalue weighted by molar-refractivity contribution is 5.71. The van der Waals surface area contributed by atoms with E-state index in [1.807, 2.05) is 0 Å². The second kappa shape index (κ2) is 67.4. The van der Waals surface area contributed by atoms with E-state index in [0.717, 1.165) is 103 Å². The van der Waals surface area contributed by atoms with Gasteiger partial charge >= 0.3 is 17.9 Å². The van der Waals surface area contributed by atoms with Crippen LogP contribution in [-0.2, 0) is 28.6 Å². The first kappa shape index (κ1) is 75.8. The molecule has 0 saturated carbocycles. The van der Waals surface area contributed by atoms with Crippen LogP contribution in [0.2, 0.25) is 0 Å². The van der Waals surface area contributed by atoms with Gasteiger partial charge in [-0.15, -0.1) is 0 Å². The summed E-state index contributed by atoms with van der Waals surface area (Å²) >= 11 is 0. The van der Waals surface area contributed by atoms with Gasteiger partial charge in [-0.1, -0.05) is 293 Å². The van der Waals surface area contributed by atoms with E-state index in [0.29, 0.717) is 19.3 Å². The molecule has 0 heterocycles. The monoisotopic (exact) mass is 1100 g/mol. The maximum absolute atomic E-state index is 12.9. The van der Waals surface area contributed by atoms with Gasteiger partial charge in [0.25, 0.3) is 0 Å².